The molecule has 1 heterocycles. The minimum Gasteiger partial charge on any atom is -0.436 e. The fourth-order valence-electron chi connectivity index (χ4n) is 4.37. The molecule has 1 aliphatic heterocycles. The summed E-state index contributed by atoms with van der Waals surface area (Å²) in [4.78, 5) is 61.4. The largest absolute Gasteiger partial charge is 0.436 e. The summed E-state index contributed by atoms with van der Waals surface area (Å²) in [6.07, 6.45) is 5.37. The Morgan fingerprint density at radius 1 is 1.03 bits per heavy atom. The van der Waals surface area contributed by atoms with Crippen LogP contribution in [0, 0.1) is 11.8 Å². The number of nitrogens with two attached hydrogens (primary N) is 1. The Balaban J connectivity index is 1.68. The van der Waals surface area contributed by atoms with Gasteiger partial charge in [-0.2, -0.15) is 0 Å². The van der Waals surface area contributed by atoms with Crippen LogP contribution in [-0.2, 0) is 23.9 Å². The van der Waals surface area contributed by atoms with Crippen LogP contribution in [0.5, 0.6) is 0 Å². The topological polar surface area (TPSA) is 157 Å². The first-order chi connectivity index (χ1) is 14.8. The molecule has 3 rings (SSSR count). The highest BCUT2D eigenvalue weighted by molar-refractivity contribution is 6.38. The Bertz CT molecular complexity index is 717. The Kier molecular flexibility index (Phi) is 7.86. The van der Waals surface area contributed by atoms with E-state index in [0.717, 1.165) is 44.9 Å². The van der Waals surface area contributed by atoms with Gasteiger partial charge in [0.05, 0.1) is 6.04 Å². The molecule has 0 radical (unpaired) electrons. The van der Waals surface area contributed by atoms with Crippen molar-refractivity contribution in [1.82, 2.24) is 16.0 Å². The van der Waals surface area contributed by atoms with Crippen molar-refractivity contribution in [2.24, 2.45) is 17.6 Å². The highest BCUT2D eigenvalue weighted by atomic mass is 16.6. The van der Waals surface area contributed by atoms with E-state index in [4.69, 9.17) is 10.5 Å². The fraction of sp³-hybridized carbons (Fsp3) is 0.762. The van der Waals surface area contributed by atoms with Crippen molar-refractivity contribution in [3.8, 4) is 0 Å². The van der Waals surface area contributed by atoms with Crippen molar-refractivity contribution >= 4 is 29.6 Å². The number of primary amides is 1. The van der Waals surface area contributed by atoms with Crippen molar-refractivity contribution in [1.29, 1.82) is 0 Å². The van der Waals surface area contributed by atoms with Gasteiger partial charge in [0.25, 0.3) is 11.8 Å². The minimum atomic E-state index is -1.18. The second-order valence-electron chi connectivity index (χ2n) is 8.85. The number of nitrogens with one attached hydrogen (secondary N) is 3. The third-order valence-electron chi connectivity index (χ3n) is 6.28. The molecule has 2 unspecified atom stereocenters. The summed E-state index contributed by atoms with van der Waals surface area (Å²) in [5.74, 6) is -2.70. The zero-order chi connectivity index (χ0) is 22.4. The fourth-order valence-corrected chi connectivity index (χ4v) is 4.37. The van der Waals surface area contributed by atoms with Crippen LogP contribution in [-0.4, -0.2) is 54.3 Å². The molecule has 5 N–H and O–H groups in total. The molecule has 4 amide bonds. The van der Waals surface area contributed by atoms with E-state index >= 15 is 0 Å². The van der Waals surface area contributed by atoms with Crippen molar-refractivity contribution in [2.45, 2.75) is 82.4 Å². The van der Waals surface area contributed by atoms with E-state index in [0.29, 0.717) is 19.4 Å². The summed E-state index contributed by atoms with van der Waals surface area (Å²) in [6, 6.07) is -1.19. The number of hydrogen-bond donors (Lipinski definition) is 4. The van der Waals surface area contributed by atoms with Crippen molar-refractivity contribution in [3.63, 3.8) is 0 Å². The van der Waals surface area contributed by atoms with Crippen LogP contribution >= 0.6 is 0 Å². The molecule has 3 atom stereocenters. The monoisotopic (exact) mass is 436 g/mol. The van der Waals surface area contributed by atoms with Crippen LogP contribution in [0.4, 0.5) is 4.79 Å². The smallest absolute Gasteiger partial charge is 0.405 e. The van der Waals surface area contributed by atoms with Gasteiger partial charge in [0.2, 0.25) is 11.7 Å². The van der Waals surface area contributed by atoms with Gasteiger partial charge in [-0.25, -0.2) is 4.79 Å². The van der Waals surface area contributed by atoms with Gasteiger partial charge >= 0.3 is 6.09 Å². The number of ketones is 1. The molecule has 172 valence electrons. The van der Waals surface area contributed by atoms with E-state index in [-0.39, 0.29) is 24.3 Å². The van der Waals surface area contributed by atoms with Gasteiger partial charge in [0.15, 0.2) is 6.10 Å². The van der Waals surface area contributed by atoms with Gasteiger partial charge in [-0.1, -0.05) is 32.1 Å². The number of carbonyl (C=O) groups is 5. The van der Waals surface area contributed by atoms with E-state index in [2.05, 4.69) is 16.0 Å². The summed E-state index contributed by atoms with van der Waals surface area (Å²) in [7, 11) is 0. The molecule has 2 aliphatic carbocycles. The number of carbonyl (C=O) groups excluding carboxylic acids is 5. The molecule has 0 spiro atoms. The predicted molar refractivity (Wildman–Crippen MR) is 109 cm³/mol. The Morgan fingerprint density at radius 3 is 2.32 bits per heavy atom. The Morgan fingerprint density at radius 2 is 1.74 bits per heavy atom. The molecule has 0 bridgehead atoms. The van der Waals surface area contributed by atoms with E-state index in [1.807, 2.05) is 0 Å². The van der Waals surface area contributed by atoms with Crippen molar-refractivity contribution < 1.29 is 28.7 Å². The number of Topliss-reactive ketones (excluding diaryl/α,β-unsaturated/α-hetero) is 1. The number of ether oxygens (including phenoxy) is 1. The molecule has 2 saturated carbocycles. The highest BCUT2D eigenvalue weighted by Gasteiger charge is 2.37. The van der Waals surface area contributed by atoms with Crippen LogP contribution in [0.25, 0.3) is 0 Å². The van der Waals surface area contributed by atoms with Gasteiger partial charge in [-0.3, -0.25) is 19.2 Å². The summed E-state index contributed by atoms with van der Waals surface area (Å²) in [6.45, 7) is 0.488. The third kappa shape index (κ3) is 6.93. The predicted octanol–water partition coefficient (Wildman–Crippen LogP) is 0.279. The molecular formula is C21H32N4O6. The second kappa shape index (κ2) is 10.6. The molecule has 10 heteroatoms. The third-order valence-corrected chi connectivity index (χ3v) is 6.28. The molecule has 3 aliphatic rings. The Labute approximate surface area is 181 Å². The van der Waals surface area contributed by atoms with Gasteiger partial charge in [0, 0.05) is 18.5 Å². The molecular weight excluding hydrogens is 404 g/mol. The first kappa shape index (κ1) is 23.0. The molecule has 31 heavy (non-hydrogen) atoms. The number of rotatable bonds is 10. The zero-order valence-electron chi connectivity index (χ0n) is 17.7. The van der Waals surface area contributed by atoms with Crippen LogP contribution in [0.2, 0.25) is 0 Å². The summed E-state index contributed by atoms with van der Waals surface area (Å²) < 4.78 is 5.06. The van der Waals surface area contributed by atoms with Crippen molar-refractivity contribution in [2.75, 3.05) is 6.54 Å². The minimum absolute atomic E-state index is 0.0141. The van der Waals surface area contributed by atoms with Crippen LogP contribution in [0.15, 0.2) is 0 Å². The lowest BCUT2D eigenvalue weighted by molar-refractivity contribution is -0.142. The summed E-state index contributed by atoms with van der Waals surface area (Å²) in [5, 5.41) is 7.89. The molecule has 0 aromatic carbocycles. The average Bonchev–Trinajstić information content (AvgIpc) is 3.46. The van der Waals surface area contributed by atoms with Gasteiger partial charge < -0.3 is 26.4 Å². The van der Waals surface area contributed by atoms with Gasteiger partial charge in [-0.05, 0) is 38.0 Å². The average molecular weight is 437 g/mol. The lowest BCUT2D eigenvalue weighted by Gasteiger charge is -2.27. The summed E-state index contributed by atoms with van der Waals surface area (Å²) >= 11 is 0. The standard InChI is InChI=1S/C21H32N4O6/c22-21(30)31-16(10-12-4-2-1-3-5-12)19(28)25-15(11-13-8-9-23-18(13)27)17(26)20(29)24-14-6-7-14/h12-16H,1-11H2,(H2,22,30)(H,23,27)(H,24,29)(H,25,28)/t13-,15?,16?/m0/s1. The van der Waals surface area contributed by atoms with Crippen LogP contribution < -0.4 is 21.7 Å². The highest BCUT2D eigenvalue weighted by Crippen LogP contribution is 2.28. The molecule has 10 nitrogen and oxygen atoms in total. The van der Waals surface area contributed by atoms with E-state index < -0.39 is 41.8 Å². The molecule has 0 aromatic rings. The molecule has 0 aromatic heterocycles. The summed E-state index contributed by atoms with van der Waals surface area (Å²) in [5.41, 5.74) is 5.16. The second-order valence-corrected chi connectivity index (χ2v) is 8.85. The van der Waals surface area contributed by atoms with E-state index in [9.17, 15) is 24.0 Å². The maximum atomic E-state index is 13.0. The first-order valence-corrected chi connectivity index (χ1v) is 11.2. The maximum absolute atomic E-state index is 13.0. The van der Waals surface area contributed by atoms with Crippen LogP contribution in [0.1, 0.15) is 64.2 Å². The van der Waals surface area contributed by atoms with Crippen LogP contribution in [0.3, 0.4) is 0 Å². The molecule has 3 fully saturated rings. The quantitative estimate of drug-likeness (QED) is 0.360. The lowest BCUT2D eigenvalue weighted by atomic mass is 9.85. The number of amides is 4. The zero-order valence-corrected chi connectivity index (χ0v) is 17.7. The van der Waals surface area contributed by atoms with Gasteiger partial charge in [0.1, 0.15) is 0 Å². The molecule has 1 saturated heterocycles. The number of hydrogen-bond acceptors (Lipinski definition) is 6. The Hall–Kier alpha value is -2.65. The van der Waals surface area contributed by atoms with Gasteiger partial charge in [-0.15, -0.1) is 0 Å². The van der Waals surface area contributed by atoms with E-state index in [1.54, 1.807) is 0 Å². The first-order valence-electron chi connectivity index (χ1n) is 11.2. The van der Waals surface area contributed by atoms with Crippen molar-refractivity contribution in [3.05, 3.63) is 0 Å². The maximum Gasteiger partial charge on any atom is 0.405 e. The SMILES string of the molecule is NC(=O)OC(CC1CCCCC1)C(=O)NC(C[C@@H]1CCNC1=O)C(=O)C(=O)NC1CC1. The lowest BCUT2D eigenvalue weighted by Crippen LogP contribution is -2.52. The normalized spacial score (nSPS) is 23.4. The van der Waals surface area contributed by atoms with E-state index in [1.165, 1.54) is 0 Å².